The molecular weight excluding hydrogens is 1360 g/mol. The number of ether oxygens (including phenoxy) is 9. The molecule has 4 fully saturated rings. The van der Waals surface area contributed by atoms with Crippen LogP contribution in [0.2, 0.25) is 0 Å². The number of carbonyl (C=O) groups is 9. The Morgan fingerprint density at radius 3 is 1.08 bits per heavy atom. The molecule has 102 heavy (non-hydrogen) atoms. The van der Waals surface area contributed by atoms with Gasteiger partial charge in [0.15, 0.2) is 18.9 Å². The maximum atomic E-state index is 13.8. The van der Waals surface area contributed by atoms with Crippen LogP contribution < -0.4 is 47.9 Å². The molecule has 3 aliphatic heterocycles. The van der Waals surface area contributed by atoms with Crippen molar-refractivity contribution in [3.05, 3.63) is 0 Å². The first-order valence-electron chi connectivity index (χ1n) is 35.1. The monoisotopic (exact) mass is 1470 g/mol. The van der Waals surface area contributed by atoms with Crippen LogP contribution in [-0.4, -0.2) is 331 Å². The Kier molecular flexibility index (Phi) is 42.9. The predicted molar refractivity (Wildman–Crippen MR) is 352 cm³/mol. The van der Waals surface area contributed by atoms with E-state index in [2.05, 4.69) is 47.9 Å². The van der Waals surface area contributed by atoms with Crippen LogP contribution in [0.25, 0.3) is 0 Å². The number of hydrogen-bond acceptors (Lipinski definition) is 29. The molecule has 0 bridgehead atoms. The Morgan fingerprint density at radius 1 is 0.382 bits per heavy atom. The molecule has 0 aromatic carbocycles. The van der Waals surface area contributed by atoms with E-state index in [-0.39, 0.29) is 129 Å². The summed E-state index contributed by atoms with van der Waals surface area (Å²) in [6.07, 6.45) is -10.8. The maximum absolute atomic E-state index is 13.8. The van der Waals surface area contributed by atoms with Gasteiger partial charge < -0.3 is 147 Å². The van der Waals surface area contributed by atoms with Crippen molar-refractivity contribution >= 4 is 53.2 Å². The normalized spacial score (nSPS) is 28.4. The van der Waals surface area contributed by atoms with E-state index in [0.717, 1.165) is 32.1 Å². The third-order valence-electron chi connectivity index (χ3n) is 17.4. The molecule has 0 radical (unpaired) electrons. The summed E-state index contributed by atoms with van der Waals surface area (Å²) in [4.78, 5) is 116. The molecule has 588 valence electrons. The minimum Gasteiger partial charge on any atom is -0.396 e. The third kappa shape index (κ3) is 32.4. The summed E-state index contributed by atoms with van der Waals surface area (Å²) in [6, 6.07) is -6.31. The first-order chi connectivity index (χ1) is 48.8. The number of aliphatic hydroxyl groups excluding tert-OH is 11. The van der Waals surface area contributed by atoms with Crippen molar-refractivity contribution in [2.24, 2.45) is 5.92 Å². The van der Waals surface area contributed by atoms with Crippen LogP contribution in [0.15, 0.2) is 0 Å². The zero-order valence-corrected chi connectivity index (χ0v) is 58.4. The Morgan fingerprint density at radius 2 is 0.725 bits per heavy atom. The first-order valence-corrected chi connectivity index (χ1v) is 35.1. The van der Waals surface area contributed by atoms with Crippen LogP contribution in [0.4, 0.5) is 0 Å². The minimum absolute atomic E-state index is 0.0223. The molecule has 9 amide bonds. The van der Waals surface area contributed by atoms with Crippen molar-refractivity contribution in [2.75, 3.05) is 106 Å². The highest BCUT2D eigenvalue weighted by atomic mass is 16.7. The van der Waals surface area contributed by atoms with Crippen LogP contribution in [-0.2, 0) is 85.8 Å². The fourth-order valence-electron chi connectivity index (χ4n) is 11.9. The van der Waals surface area contributed by atoms with Crippen molar-refractivity contribution < 1.29 is 142 Å². The Bertz CT molecular complexity index is 2500. The van der Waals surface area contributed by atoms with Crippen molar-refractivity contribution in [3.63, 3.8) is 0 Å². The van der Waals surface area contributed by atoms with Gasteiger partial charge in [0.2, 0.25) is 53.2 Å². The summed E-state index contributed by atoms with van der Waals surface area (Å²) in [6.45, 7) is 0.293. The van der Waals surface area contributed by atoms with Gasteiger partial charge in [-0.1, -0.05) is 38.5 Å². The average molecular weight is 1470 g/mol. The second-order valence-electron chi connectivity index (χ2n) is 25.6. The van der Waals surface area contributed by atoms with Gasteiger partial charge in [0.25, 0.3) is 0 Å². The molecule has 4 rings (SSSR count). The molecule has 1 saturated carbocycles. The number of hydrogen-bond donors (Lipinski definition) is 20. The van der Waals surface area contributed by atoms with Gasteiger partial charge in [-0.3, -0.25) is 43.2 Å². The molecule has 0 aromatic rings. The van der Waals surface area contributed by atoms with E-state index >= 15 is 0 Å². The van der Waals surface area contributed by atoms with Gasteiger partial charge in [-0.05, 0) is 38.5 Å². The second kappa shape index (κ2) is 49.3. The van der Waals surface area contributed by atoms with Crippen LogP contribution >= 0.6 is 0 Å². The van der Waals surface area contributed by atoms with Crippen molar-refractivity contribution in [1.82, 2.24) is 47.9 Å². The van der Waals surface area contributed by atoms with Gasteiger partial charge >= 0.3 is 0 Å². The molecule has 20 atom stereocenters. The van der Waals surface area contributed by atoms with Crippen LogP contribution in [0.3, 0.4) is 0 Å². The topological polar surface area (TPSA) is 568 Å². The van der Waals surface area contributed by atoms with E-state index in [0.29, 0.717) is 38.5 Å². The largest absolute Gasteiger partial charge is 0.396 e. The van der Waals surface area contributed by atoms with Gasteiger partial charge in [-0.15, -0.1) is 0 Å². The first kappa shape index (κ1) is 88.8. The number of unbranched alkanes of at least 4 members (excludes halogenated alkanes) is 7. The fraction of sp³-hybridized carbons (Fsp3) is 0.859. The van der Waals surface area contributed by atoms with Crippen LogP contribution in [0.5, 0.6) is 0 Å². The highest BCUT2D eigenvalue weighted by Gasteiger charge is 2.48. The lowest BCUT2D eigenvalue weighted by molar-refractivity contribution is -0.272. The lowest BCUT2D eigenvalue weighted by atomic mass is 9.97. The van der Waals surface area contributed by atoms with E-state index in [9.17, 15) is 99.3 Å². The summed E-state index contributed by atoms with van der Waals surface area (Å²) < 4.78 is 50.3. The summed E-state index contributed by atoms with van der Waals surface area (Å²) >= 11 is 0. The van der Waals surface area contributed by atoms with E-state index in [1.807, 2.05) is 0 Å². The average Bonchev–Trinajstić information content (AvgIpc) is 0.979. The zero-order valence-electron chi connectivity index (χ0n) is 58.4. The molecule has 3 saturated heterocycles. The molecule has 0 spiro atoms. The molecule has 0 aromatic heterocycles. The molecule has 20 N–H and O–H groups in total. The summed E-state index contributed by atoms with van der Waals surface area (Å²) in [5.74, 6) is -5.13. The molecule has 16 unspecified atom stereocenters. The van der Waals surface area contributed by atoms with Gasteiger partial charge in [0, 0.05) is 84.7 Å². The molecule has 38 heteroatoms. The summed E-state index contributed by atoms with van der Waals surface area (Å²) in [5.41, 5.74) is 0. The van der Waals surface area contributed by atoms with E-state index in [4.69, 9.17) is 42.6 Å². The van der Waals surface area contributed by atoms with Crippen molar-refractivity contribution in [2.45, 2.75) is 240 Å². The van der Waals surface area contributed by atoms with Gasteiger partial charge in [0.05, 0.1) is 85.4 Å². The summed E-state index contributed by atoms with van der Waals surface area (Å²) in [7, 11) is 0. The molecule has 1 aliphatic carbocycles. The summed E-state index contributed by atoms with van der Waals surface area (Å²) in [5, 5.41) is 134. The highest BCUT2D eigenvalue weighted by Crippen LogP contribution is 2.27. The standard InChI is InChI=1S/C64H113N9O29/c1-36(78)68-51-57(89)54(86)44(33-75)100-62(51)97-27-24-94-21-18-65-47(82)16-14-41(60(92)66-19-22-95-25-28-98-63-52(69-37(2)79)58(90)55(87)45(34-76)101-63)73-50(85)17-15-42(61(93)67-20-23-96-26-29-99-64-53(70-38(3)80)59(91)56(88)46(35-77)102-64)72-49(84)13-11-9-7-5-4-6-8-10-12-48(83)71-40-30-39(32-74)43(81)31-40/h39-46,51-59,62-64,74-77,81,86-91H,4-35H2,1-3H3,(H,65,82)(H,66,92)(H,67,93)(H,68,78)(H,69,79)(H,70,80)(H,71,83)(H,72,84)(H,73,85)/t39-,40+,41?,42?,43+,44?,45+,46?,51?,52?,53?,54?,55?,56?,57?,58?,59?,62?,63?,64?/m0/s1. The maximum Gasteiger partial charge on any atom is 0.242 e. The van der Waals surface area contributed by atoms with Crippen LogP contribution in [0, 0.1) is 5.92 Å². The number of aliphatic hydroxyl groups is 11. The molecule has 3 heterocycles. The Labute approximate surface area is 592 Å². The lowest BCUT2D eigenvalue weighted by Crippen LogP contribution is -2.64. The minimum atomic E-state index is -1.54. The Hall–Kier alpha value is -5.57. The fourth-order valence-corrected chi connectivity index (χ4v) is 11.9. The molecular formula is C64H113N9O29. The van der Waals surface area contributed by atoms with Gasteiger partial charge in [-0.2, -0.15) is 0 Å². The quantitative estimate of drug-likeness (QED) is 0.0252. The van der Waals surface area contributed by atoms with Gasteiger partial charge in [0.1, 0.15) is 85.1 Å². The molecule has 38 nitrogen and oxygen atoms in total. The number of nitrogens with one attached hydrogen (secondary N) is 9. The Balaban J connectivity index is 1.32. The number of rotatable bonds is 50. The second-order valence-corrected chi connectivity index (χ2v) is 25.6. The van der Waals surface area contributed by atoms with E-state index < -0.39 is 184 Å². The third-order valence-corrected chi connectivity index (χ3v) is 17.4. The van der Waals surface area contributed by atoms with E-state index in [1.165, 1.54) is 20.8 Å². The van der Waals surface area contributed by atoms with Crippen molar-refractivity contribution in [1.29, 1.82) is 0 Å². The zero-order chi connectivity index (χ0) is 75.1. The number of carbonyl (C=O) groups excluding carboxylic acids is 9. The van der Waals surface area contributed by atoms with Crippen molar-refractivity contribution in [3.8, 4) is 0 Å². The lowest BCUT2D eigenvalue weighted by Gasteiger charge is -2.42. The number of amides is 9. The van der Waals surface area contributed by atoms with Gasteiger partial charge in [-0.25, -0.2) is 0 Å². The highest BCUT2D eigenvalue weighted by molar-refractivity contribution is 5.90. The smallest absolute Gasteiger partial charge is 0.242 e. The molecule has 4 aliphatic rings. The van der Waals surface area contributed by atoms with E-state index in [1.54, 1.807) is 0 Å². The predicted octanol–water partition coefficient (Wildman–Crippen LogP) is -8.06. The SMILES string of the molecule is CC(=O)NC1C(OCCOCCNC(=O)CCC(NC(=O)CCC(NC(=O)CCCCCCCCCCC(=O)N[C@@H]2C[C@@H](CO)[C@H](O)C2)C(=O)NCCOCCOC2OC(CO)C(O)C(O)C2NC(C)=O)C(=O)NCCOCCOC2O[C@H](CO)C(O)C(O)C2NC(C)=O)OC(CO)C(O)C1O. The van der Waals surface area contributed by atoms with Crippen LogP contribution in [0.1, 0.15) is 124 Å².